The van der Waals surface area contributed by atoms with E-state index in [1.54, 1.807) is 0 Å². The highest BCUT2D eigenvalue weighted by Gasteiger charge is 2.10. The van der Waals surface area contributed by atoms with Crippen molar-refractivity contribution in [1.82, 2.24) is 19.8 Å². The molecule has 0 aliphatic carbocycles. The summed E-state index contributed by atoms with van der Waals surface area (Å²) in [5, 5.41) is 0. The molecule has 0 N–H and O–H groups in total. The average Bonchev–Trinajstić information content (AvgIpc) is 2.87. The van der Waals surface area contributed by atoms with Crippen LogP contribution in [0.15, 0.2) is 36.4 Å². The summed E-state index contributed by atoms with van der Waals surface area (Å²) < 4.78 is 29.7. The molecule has 35 heavy (non-hydrogen) atoms. The quantitative estimate of drug-likeness (QED) is 0.519. The van der Waals surface area contributed by atoms with Crippen LogP contribution >= 0.6 is 0 Å². The maximum atomic E-state index is 5.98. The van der Waals surface area contributed by atoms with Crippen molar-refractivity contribution in [3.63, 3.8) is 0 Å². The Labute approximate surface area is 208 Å². The lowest BCUT2D eigenvalue weighted by Crippen LogP contribution is -2.36. The van der Waals surface area contributed by atoms with Crippen molar-refractivity contribution in [3.8, 4) is 0 Å². The Morgan fingerprint density at radius 1 is 0.429 bits per heavy atom. The Kier molecular flexibility index (Phi) is 11.3. The zero-order valence-electron chi connectivity index (χ0n) is 20.6. The highest BCUT2D eigenvalue weighted by Crippen LogP contribution is 2.06. The molecular weight excluding hydrogens is 448 g/mol. The van der Waals surface area contributed by atoms with Crippen LogP contribution in [0.5, 0.6) is 0 Å². The molecule has 0 fully saturated rings. The number of fused-ring (bicyclic) bond motifs is 10. The van der Waals surface area contributed by atoms with E-state index in [0.29, 0.717) is 66.1 Å². The van der Waals surface area contributed by atoms with Crippen LogP contribution in [0.4, 0.5) is 0 Å². The molecule has 192 valence electrons. The molecule has 0 spiro atoms. The summed E-state index contributed by atoms with van der Waals surface area (Å²) in [7, 11) is 0. The molecule has 4 rings (SSSR count). The summed E-state index contributed by atoms with van der Waals surface area (Å²) in [6.45, 7) is 10.7. The molecular formula is C26H38N4O5. The third kappa shape index (κ3) is 9.89. The van der Waals surface area contributed by atoms with E-state index in [2.05, 4.69) is 19.8 Å². The SMILES string of the molecule is c1cc2nc(c1)COCCN1CCOCCN(CCOC2)CCOCc2cccc(n2)COCC1. The number of aromatic nitrogens is 2. The molecule has 0 saturated carbocycles. The van der Waals surface area contributed by atoms with Gasteiger partial charge in [0.2, 0.25) is 0 Å². The first kappa shape index (κ1) is 26.1. The van der Waals surface area contributed by atoms with E-state index in [-0.39, 0.29) is 0 Å². The number of ether oxygens (including phenoxy) is 5. The predicted octanol–water partition coefficient (Wildman–Crippen LogP) is 1.89. The monoisotopic (exact) mass is 486 g/mol. The number of nitrogens with zero attached hydrogens (tertiary/aromatic N) is 4. The maximum absolute atomic E-state index is 5.98. The minimum absolute atomic E-state index is 0.491. The van der Waals surface area contributed by atoms with Crippen LogP contribution in [0.2, 0.25) is 0 Å². The number of hydrogen-bond acceptors (Lipinski definition) is 9. The lowest BCUT2D eigenvalue weighted by atomic mass is 10.3. The number of hydrogen-bond donors (Lipinski definition) is 0. The molecule has 4 heterocycles. The maximum Gasteiger partial charge on any atom is 0.0888 e. The standard InChI is InChI=1S/C26H38N4O5/c1-3-23-19-32-15-9-29-7-13-31-14-8-30(10-16-33-20-24(4-1)27-23)12-18-35-22-26-6-2-5-25(28-26)21-34-17-11-29/h1-6H,7-22H2. The number of rotatable bonds is 0. The summed E-state index contributed by atoms with van der Waals surface area (Å²) in [4.78, 5) is 14.0. The van der Waals surface area contributed by atoms with Gasteiger partial charge in [-0.2, -0.15) is 0 Å². The van der Waals surface area contributed by atoms with Gasteiger partial charge in [0, 0.05) is 39.3 Å². The fourth-order valence-corrected chi connectivity index (χ4v) is 4.02. The third-order valence-corrected chi connectivity index (χ3v) is 6.04. The summed E-state index contributed by atoms with van der Waals surface area (Å²) in [6, 6.07) is 12.0. The first-order chi connectivity index (χ1) is 17.3. The topological polar surface area (TPSA) is 78.4 Å². The lowest BCUT2D eigenvalue weighted by molar-refractivity contribution is 0.0275. The summed E-state index contributed by atoms with van der Waals surface area (Å²) in [5.41, 5.74) is 3.70. The first-order valence-corrected chi connectivity index (χ1v) is 12.6. The van der Waals surface area contributed by atoms with Crippen molar-refractivity contribution in [2.75, 3.05) is 78.9 Å². The van der Waals surface area contributed by atoms with E-state index in [9.17, 15) is 0 Å². The summed E-state index contributed by atoms with van der Waals surface area (Å²) >= 11 is 0. The first-order valence-electron chi connectivity index (χ1n) is 12.6. The Balaban J connectivity index is 1.43. The van der Waals surface area contributed by atoms with Crippen LogP contribution in [0, 0.1) is 0 Å². The van der Waals surface area contributed by atoms with Crippen molar-refractivity contribution >= 4 is 0 Å². The van der Waals surface area contributed by atoms with Gasteiger partial charge in [0.05, 0.1) is 88.8 Å². The van der Waals surface area contributed by atoms with Crippen LogP contribution in [0.25, 0.3) is 0 Å². The van der Waals surface area contributed by atoms with Gasteiger partial charge >= 0.3 is 0 Å². The van der Waals surface area contributed by atoms with Crippen molar-refractivity contribution < 1.29 is 23.7 Å². The van der Waals surface area contributed by atoms with Crippen molar-refractivity contribution in [2.24, 2.45) is 0 Å². The van der Waals surface area contributed by atoms with Crippen molar-refractivity contribution in [2.45, 2.75) is 26.4 Å². The fourth-order valence-electron chi connectivity index (χ4n) is 4.02. The third-order valence-electron chi connectivity index (χ3n) is 6.04. The van der Waals surface area contributed by atoms with Gasteiger partial charge in [-0.1, -0.05) is 12.1 Å². The van der Waals surface area contributed by atoms with Crippen molar-refractivity contribution in [1.29, 1.82) is 0 Å². The number of pyridine rings is 2. The molecule has 2 aliphatic rings. The second-order valence-corrected chi connectivity index (χ2v) is 8.75. The van der Waals surface area contributed by atoms with E-state index in [1.807, 2.05) is 36.4 Å². The highest BCUT2D eigenvalue weighted by atomic mass is 16.5. The molecule has 6 bridgehead atoms. The molecule has 2 aromatic heterocycles. The Bertz CT molecular complexity index is 747. The fraction of sp³-hybridized carbons (Fsp3) is 0.615. The molecule has 2 aliphatic heterocycles. The molecule has 9 heteroatoms. The van der Waals surface area contributed by atoms with Crippen molar-refractivity contribution in [3.05, 3.63) is 59.2 Å². The van der Waals surface area contributed by atoms with Crippen LogP contribution < -0.4 is 0 Å². The van der Waals surface area contributed by atoms with E-state index in [4.69, 9.17) is 23.7 Å². The van der Waals surface area contributed by atoms with E-state index >= 15 is 0 Å². The largest absolute Gasteiger partial charge is 0.379 e. The van der Waals surface area contributed by atoms with Gasteiger partial charge < -0.3 is 23.7 Å². The van der Waals surface area contributed by atoms with Gasteiger partial charge in [-0.3, -0.25) is 19.8 Å². The normalized spacial score (nSPS) is 24.5. The van der Waals surface area contributed by atoms with Crippen LogP contribution in [0.3, 0.4) is 0 Å². The molecule has 9 nitrogen and oxygen atoms in total. The summed E-state index contributed by atoms with van der Waals surface area (Å²) in [6.07, 6.45) is 0. The molecule has 2 aromatic rings. The van der Waals surface area contributed by atoms with Crippen LogP contribution in [-0.4, -0.2) is 98.7 Å². The molecule has 0 atom stereocenters. The zero-order chi connectivity index (χ0) is 24.0. The van der Waals surface area contributed by atoms with Gasteiger partial charge in [0.15, 0.2) is 0 Å². The minimum Gasteiger partial charge on any atom is -0.379 e. The van der Waals surface area contributed by atoms with E-state index in [0.717, 1.165) is 62.0 Å². The van der Waals surface area contributed by atoms with E-state index < -0.39 is 0 Å². The average molecular weight is 487 g/mol. The van der Waals surface area contributed by atoms with Crippen LogP contribution in [-0.2, 0) is 50.1 Å². The van der Waals surface area contributed by atoms with E-state index in [1.165, 1.54) is 0 Å². The molecule has 0 radical (unpaired) electrons. The molecule has 0 amide bonds. The van der Waals surface area contributed by atoms with Gasteiger partial charge in [-0.15, -0.1) is 0 Å². The highest BCUT2D eigenvalue weighted by molar-refractivity contribution is 5.10. The van der Waals surface area contributed by atoms with Gasteiger partial charge in [0.25, 0.3) is 0 Å². The zero-order valence-corrected chi connectivity index (χ0v) is 20.6. The molecule has 0 unspecified atom stereocenters. The molecule has 0 saturated heterocycles. The smallest absolute Gasteiger partial charge is 0.0888 e. The van der Waals surface area contributed by atoms with Gasteiger partial charge in [0.1, 0.15) is 0 Å². The van der Waals surface area contributed by atoms with Gasteiger partial charge in [-0.05, 0) is 24.3 Å². The van der Waals surface area contributed by atoms with Crippen LogP contribution in [0.1, 0.15) is 22.8 Å². The lowest BCUT2D eigenvalue weighted by Gasteiger charge is -2.24. The second-order valence-electron chi connectivity index (χ2n) is 8.75. The predicted molar refractivity (Wildman–Crippen MR) is 131 cm³/mol. The van der Waals surface area contributed by atoms with Gasteiger partial charge in [-0.25, -0.2) is 0 Å². The Morgan fingerprint density at radius 3 is 1.03 bits per heavy atom. The Morgan fingerprint density at radius 2 is 0.714 bits per heavy atom. The summed E-state index contributed by atoms with van der Waals surface area (Å²) in [5.74, 6) is 0. The minimum atomic E-state index is 0.491. The Hall–Kier alpha value is -1.98. The molecule has 0 aromatic carbocycles. The second kappa shape index (κ2) is 15.2.